The molecule has 0 aliphatic carbocycles. The quantitative estimate of drug-likeness (QED) is 0.839. The van der Waals surface area contributed by atoms with Crippen molar-refractivity contribution in [1.29, 1.82) is 0 Å². The van der Waals surface area contributed by atoms with Gasteiger partial charge in [0.25, 0.3) is 0 Å². The molecule has 20 heavy (non-hydrogen) atoms. The molecule has 0 amide bonds. The van der Waals surface area contributed by atoms with Crippen LogP contribution in [-0.4, -0.2) is 27.5 Å². The molecule has 0 radical (unpaired) electrons. The highest BCUT2D eigenvalue weighted by molar-refractivity contribution is 5.57. The van der Waals surface area contributed by atoms with Crippen LogP contribution in [0.5, 0.6) is 0 Å². The molecule has 1 aliphatic rings. The van der Waals surface area contributed by atoms with E-state index in [4.69, 9.17) is 4.98 Å². The molecule has 4 heteroatoms. The van der Waals surface area contributed by atoms with E-state index in [-0.39, 0.29) is 0 Å². The van der Waals surface area contributed by atoms with Crippen molar-refractivity contribution in [2.24, 2.45) is 5.92 Å². The minimum absolute atomic E-state index is 0.543. The smallest absolute Gasteiger partial charge is 0.163 e. The van der Waals surface area contributed by atoms with Crippen molar-refractivity contribution < 1.29 is 0 Å². The first-order valence-electron chi connectivity index (χ1n) is 7.16. The van der Waals surface area contributed by atoms with Gasteiger partial charge < -0.3 is 4.90 Å². The SMILES string of the molecule is Cc1cc(N2C[C@H](C)C[C@H]2C)nc(-c2cccnc2)n1. The summed E-state index contributed by atoms with van der Waals surface area (Å²) in [5.74, 6) is 2.52. The van der Waals surface area contributed by atoms with Gasteiger partial charge in [-0.2, -0.15) is 0 Å². The summed E-state index contributed by atoms with van der Waals surface area (Å²) in [6, 6.07) is 6.54. The second-order valence-electron chi connectivity index (χ2n) is 5.78. The standard InChI is InChI=1S/C16H20N4/c1-11-7-13(3)20(10-11)15-8-12(2)18-16(19-15)14-5-4-6-17-9-14/h4-6,8-9,11,13H,7,10H2,1-3H3/t11-,13-/m1/s1. The molecule has 2 aromatic heterocycles. The Morgan fingerprint density at radius 1 is 1.25 bits per heavy atom. The Labute approximate surface area is 119 Å². The third-order valence-corrected chi connectivity index (χ3v) is 3.84. The summed E-state index contributed by atoms with van der Waals surface area (Å²) in [4.78, 5) is 15.8. The number of aryl methyl sites for hydroxylation is 1. The van der Waals surface area contributed by atoms with Gasteiger partial charge in [0.15, 0.2) is 5.82 Å². The lowest BCUT2D eigenvalue weighted by atomic mass is 10.1. The summed E-state index contributed by atoms with van der Waals surface area (Å²) in [7, 11) is 0. The predicted molar refractivity (Wildman–Crippen MR) is 80.6 cm³/mol. The van der Waals surface area contributed by atoms with Crippen molar-refractivity contribution in [2.45, 2.75) is 33.2 Å². The van der Waals surface area contributed by atoms with Gasteiger partial charge in [0.2, 0.25) is 0 Å². The van der Waals surface area contributed by atoms with Crippen molar-refractivity contribution >= 4 is 5.82 Å². The normalized spacial score (nSPS) is 22.2. The predicted octanol–water partition coefficient (Wildman–Crippen LogP) is 3.08. The zero-order valence-corrected chi connectivity index (χ0v) is 12.2. The first-order valence-corrected chi connectivity index (χ1v) is 7.16. The molecule has 0 spiro atoms. The number of aromatic nitrogens is 3. The zero-order valence-electron chi connectivity index (χ0n) is 12.2. The molecule has 104 valence electrons. The van der Waals surface area contributed by atoms with Crippen LogP contribution in [0.3, 0.4) is 0 Å². The molecular weight excluding hydrogens is 248 g/mol. The van der Waals surface area contributed by atoms with Gasteiger partial charge >= 0.3 is 0 Å². The van der Waals surface area contributed by atoms with Crippen molar-refractivity contribution in [1.82, 2.24) is 15.0 Å². The molecule has 4 nitrogen and oxygen atoms in total. The van der Waals surface area contributed by atoms with Crippen LogP contribution in [0.1, 0.15) is 26.0 Å². The topological polar surface area (TPSA) is 41.9 Å². The largest absolute Gasteiger partial charge is 0.354 e. The molecule has 1 saturated heterocycles. The van der Waals surface area contributed by atoms with Crippen molar-refractivity contribution in [2.75, 3.05) is 11.4 Å². The summed E-state index contributed by atoms with van der Waals surface area (Å²) in [6.07, 6.45) is 4.81. The van der Waals surface area contributed by atoms with E-state index >= 15 is 0 Å². The van der Waals surface area contributed by atoms with E-state index in [1.54, 1.807) is 6.20 Å². The van der Waals surface area contributed by atoms with E-state index in [2.05, 4.69) is 34.8 Å². The van der Waals surface area contributed by atoms with Gasteiger partial charge in [0, 0.05) is 42.3 Å². The summed E-state index contributed by atoms with van der Waals surface area (Å²) < 4.78 is 0. The van der Waals surface area contributed by atoms with E-state index in [0.717, 1.165) is 35.4 Å². The van der Waals surface area contributed by atoms with E-state index in [1.165, 1.54) is 6.42 Å². The van der Waals surface area contributed by atoms with E-state index in [9.17, 15) is 0 Å². The summed E-state index contributed by atoms with van der Waals surface area (Å²) >= 11 is 0. The Hall–Kier alpha value is -1.97. The maximum Gasteiger partial charge on any atom is 0.163 e. The average Bonchev–Trinajstić information content (AvgIpc) is 2.78. The van der Waals surface area contributed by atoms with Gasteiger partial charge in [-0.25, -0.2) is 9.97 Å². The molecule has 0 N–H and O–H groups in total. The second kappa shape index (κ2) is 5.19. The third-order valence-electron chi connectivity index (χ3n) is 3.84. The molecule has 0 bridgehead atoms. The monoisotopic (exact) mass is 268 g/mol. The fraction of sp³-hybridized carbons (Fsp3) is 0.438. The molecule has 3 rings (SSSR count). The van der Waals surface area contributed by atoms with E-state index < -0.39 is 0 Å². The number of rotatable bonds is 2. The Kier molecular flexibility index (Phi) is 3.38. The lowest BCUT2D eigenvalue weighted by molar-refractivity contribution is 0.625. The van der Waals surface area contributed by atoms with Crippen LogP contribution < -0.4 is 4.90 Å². The zero-order chi connectivity index (χ0) is 14.1. The fourth-order valence-corrected chi connectivity index (χ4v) is 2.94. The summed E-state index contributed by atoms with van der Waals surface area (Å²) in [6.45, 7) is 7.66. The maximum atomic E-state index is 4.75. The van der Waals surface area contributed by atoms with Gasteiger partial charge in [0.05, 0.1) is 0 Å². The highest BCUT2D eigenvalue weighted by Gasteiger charge is 2.27. The number of hydrogen-bond donors (Lipinski definition) is 0. The first kappa shape index (κ1) is 13.0. The van der Waals surface area contributed by atoms with Gasteiger partial charge in [0.1, 0.15) is 5.82 Å². The van der Waals surface area contributed by atoms with Crippen molar-refractivity contribution in [3.8, 4) is 11.4 Å². The molecule has 3 heterocycles. The number of pyridine rings is 1. The van der Waals surface area contributed by atoms with Crippen LogP contribution in [0.25, 0.3) is 11.4 Å². The Bertz CT molecular complexity index is 597. The molecule has 2 aromatic rings. The third kappa shape index (κ3) is 2.50. The van der Waals surface area contributed by atoms with E-state index in [0.29, 0.717) is 6.04 Å². The van der Waals surface area contributed by atoms with Gasteiger partial charge in [-0.1, -0.05) is 6.92 Å². The Morgan fingerprint density at radius 2 is 2.10 bits per heavy atom. The van der Waals surface area contributed by atoms with Crippen molar-refractivity contribution in [3.05, 3.63) is 36.3 Å². The fourth-order valence-electron chi connectivity index (χ4n) is 2.94. The number of anilines is 1. The van der Waals surface area contributed by atoms with Crippen LogP contribution in [0.4, 0.5) is 5.82 Å². The van der Waals surface area contributed by atoms with Gasteiger partial charge in [-0.3, -0.25) is 4.98 Å². The molecule has 1 fully saturated rings. The Balaban J connectivity index is 1.99. The Morgan fingerprint density at radius 3 is 2.75 bits per heavy atom. The van der Waals surface area contributed by atoms with Crippen LogP contribution >= 0.6 is 0 Å². The lowest BCUT2D eigenvalue weighted by Gasteiger charge is -2.23. The number of nitrogens with zero attached hydrogens (tertiary/aromatic N) is 4. The molecule has 0 aromatic carbocycles. The minimum Gasteiger partial charge on any atom is -0.354 e. The summed E-state index contributed by atoms with van der Waals surface area (Å²) in [5.41, 5.74) is 1.97. The second-order valence-corrected chi connectivity index (χ2v) is 5.78. The van der Waals surface area contributed by atoms with Crippen LogP contribution in [0.15, 0.2) is 30.6 Å². The lowest BCUT2D eigenvalue weighted by Crippen LogP contribution is -2.27. The average molecular weight is 268 g/mol. The van der Waals surface area contributed by atoms with Crippen LogP contribution in [0, 0.1) is 12.8 Å². The highest BCUT2D eigenvalue weighted by atomic mass is 15.2. The maximum absolute atomic E-state index is 4.75. The van der Waals surface area contributed by atoms with Crippen molar-refractivity contribution in [3.63, 3.8) is 0 Å². The van der Waals surface area contributed by atoms with E-state index in [1.807, 2.05) is 25.3 Å². The van der Waals surface area contributed by atoms with Crippen LogP contribution in [0.2, 0.25) is 0 Å². The van der Waals surface area contributed by atoms with Gasteiger partial charge in [-0.15, -0.1) is 0 Å². The highest BCUT2D eigenvalue weighted by Crippen LogP contribution is 2.28. The molecule has 2 atom stereocenters. The molecule has 0 unspecified atom stereocenters. The minimum atomic E-state index is 0.543. The van der Waals surface area contributed by atoms with Crippen LogP contribution in [-0.2, 0) is 0 Å². The molecule has 1 aliphatic heterocycles. The first-order chi connectivity index (χ1) is 9.63. The molecular formula is C16H20N4. The number of hydrogen-bond acceptors (Lipinski definition) is 4. The molecule has 0 saturated carbocycles. The van der Waals surface area contributed by atoms with Gasteiger partial charge in [-0.05, 0) is 38.3 Å². The summed E-state index contributed by atoms with van der Waals surface area (Å²) in [5, 5.41) is 0.